The molecule has 0 saturated heterocycles. The van der Waals surface area contributed by atoms with Crippen molar-refractivity contribution in [1.29, 1.82) is 0 Å². The molecule has 4 nitrogen and oxygen atoms in total. The van der Waals surface area contributed by atoms with Crippen molar-refractivity contribution in [3.05, 3.63) is 119 Å². The fourth-order valence-electron chi connectivity index (χ4n) is 3.43. The molecule has 0 unspecified atom stereocenters. The van der Waals surface area contributed by atoms with Gasteiger partial charge in [0.25, 0.3) is 0 Å². The predicted octanol–water partition coefficient (Wildman–Crippen LogP) is 6.50. The number of aliphatic imine (C=N–C) groups is 2. The van der Waals surface area contributed by atoms with Crippen LogP contribution in [0.2, 0.25) is 0 Å². The molecule has 0 aliphatic carbocycles. The van der Waals surface area contributed by atoms with Crippen LogP contribution in [-0.4, -0.2) is 22.6 Å². The van der Waals surface area contributed by atoms with E-state index in [9.17, 15) is 10.2 Å². The van der Waals surface area contributed by atoms with E-state index >= 15 is 0 Å². The van der Waals surface area contributed by atoms with Crippen molar-refractivity contribution in [3.8, 4) is 11.5 Å². The van der Waals surface area contributed by atoms with Gasteiger partial charge in [-0.2, -0.15) is 0 Å². The fourth-order valence-corrected chi connectivity index (χ4v) is 3.43. The first-order valence-corrected chi connectivity index (χ1v) is 10.4. The Bertz CT molecular complexity index is 1280. The minimum absolute atomic E-state index is 0.210. The molecule has 0 aliphatic heterocycles. The van der Waals surface area contributed by atoms with Crippen LogP contribution < -0.4 is 0 Å². The van der Waals surface area contributed by atoms with Crippen molar-refractivity contribution >= 4 is 23.8 Å². The first kappa shape index (κ1) is 21.1. The van der Waals surface area contributed by atoms with Gasteiger partial charge in [0.15, 0.2) is 0 Å². The third kappa shape index (κ3) is 4.93. The van der Waals surface area contributed by atoms with Gasteiger partial charge in [-0.1, -0.05) is 60.7 Å². The molecule has 32 heavy (non-hydrogen) atoms. The van der Waals surface area contributed by atoms with Gasteiger partial charge in [-0.3, -0.25) is 9.98 Å². The van der Waals surface area contributed by atoms with E-state index < -0.39 is 0 Å². The van der Waals surface area contributed by atoms with E-state index in [0.717, 1.165) is 28.1 Å². The van der Waals surface area contributed by atoms with E-state index in [0.29, 0.717) is 17.5 Å². The lowest BCUT2D eigenvalue weighted by atomic mass is 10.0. The normalized spacial score (nSPS) is 11.4. The van der Waals surface area contributed by atoms with E-state index in [4.69, 9.17) is 0 Å². The molecule has 0 heterocycles. The summed E-state index contributed by atoms with van der Waals surface area (Å²) in [5, 5.41) is 21.1. The fraction of sp³-hybridized carbons (Fsp3) is 0.0714. The molecule has 4 aromatic carbocycles. The molecule has 0 aromatic heterocycles. The Labute approximate surface area is 187 Å². The highest BCUT2D eigenvalue weighted by Crippen LogP contribution is 2.29. The molecule has 0 fully saturated rings. The van der Waals surface area contributed by atoms with E-state index in [1.807, 2.05) is 97.9 Å². The molecule has 4 aromatic rings. The number of phenolic OH excluding ortho intramolecular Hbond substituents is 2. The minimum Gasteiger partial charge on any atom is -0.507 e. The Morgan fingerprint density at radius 3 is 2.06 bits per heavy atom. The topological polar surface area (TPSA) is 65.2 Å². The second kappa shape index (κ2) is 9.75. The first-order chi connectivity index (χ1) is 15.6. The minimum atomic E-state index is 0.210. The van der Waals surface area contributed by atoms with Gasteiger partial charge in [0.2, 0.25) is 0 Å². The van der Waals surface area contributed by atoms with Crippen LogP contribution in [0.15, 0.2) is 101 Å². The average molecular weight is 421 g/mol. The van der Waals surface area contributed by atoms with Crippen LogP contribution in [0.4, 0.5) is 11.4 Å². The van der Waals surface area contributed by atoms with Crippen LogP contribution in [0.1, 0.15) is 27.8 Å². The molecule has 0 atom stereocenters. The first-order valence-electron chi connectivity index (χ1n) is 10.4. The second-order valence-electron chi connectivity index (χ2n) is 7.53. The summed E-state index contributed by atoms with van der Waals surface area (Å²) in [6.07, 6.45) is 3.87. The van der Waals surface area contributed by atoms with Gasteiger partial charge in [0.1, 0.15) is 11.5 Å². The predicted molar refractivity (Wildman–Crippen MR) is 131 cm³/mol. The van der Waals surface area contributed by atoms with Crippen molar-refractivity contribution < 1.29 is 10.2 Å². The number of aromatic hydroxyl groups is 2. The number of nitrogens with zero attached hydrogens (tertiary/aromatic N) is 2. The summed E-state index contributed by atoms with van der Waals surface area (Å²) in [5.74, 6) is 0.444. The van der Waals surface area contributed by atoms with Gasteiger partial charge in [-0.25, -0.2) is 0 Å². The Morgan fingerprint density at radius 1 is 0.625 bits per heavy atom. The number of rotatable bonds is 6. The zero-order chi connectivity index (χ0) is 22.3. The van der Waals surface area contributed by atoms with Gasteiger partial charge in [-0.15, -0.1) is 0 Å². The lowest BCUT2D eigenvalue weighted by Gasteiger charge is -2.10. The monoisotopic (exact) mass is 420 g/mol. The molecule has 158 valence electrons. The van der Waals surface area contributed by atoms with Crippen molar-refractivity contribution in [3.63, 3.8) is 0 Å². The number of hydrogen-bond acceptors (Lipinski definition) is 4. The maximum absolute atomic E-state index is 10.8. The van der Waals surface area contributed by atoms with Crippen LogP contribution in [0.5, 0.6) is 11.5 Å². The maximum Gasteiger partial charge on any atom is 0.127 e. The molecule has 0 bridgehead atoms. The Kier molecular flexibility index (Phi) is 6.42. The summed E-state index contributed by atoms with van der Waals surface area (Å²) in [4.78, 5) is 9.06. The largest absolute Gasteiger partial charge is 0.507 e. The molecule has 0 amide bonds. The van der Waals surface area contributed by atoms with Gasteiger partial charge < -0.3 is 10.2 Å². The zero-order valence-electron chi connectivity index (χ0n) is 17.8. The molecule has 4 heteroatoms. The maximum atomic E-state index is 10.8. The SMILES string of the molecule is Cc1cccc(C=Nc2ccccc2Cc2cccc(C=Nc3ccccc3)c2O)c1O. The summed E-state index contributed by atoms with van der Waals surface area (Å²) in [6.45, 7) is 1.86. The Balaban J connectivity index is 1.60. The molecule has 0 spiro atoms. The average Bonchev–Trinajstić information content (AvgIpc) is 2.82. The molecule has 4 rings (SSSR count). The quantitative estimate of drug-likeness (QED) is 0.350. The highest BCUT2D eigenvalue weighted by molar-refractivity contribution is 5.87. The highest BCUT2D eigenvalue weighted by Gasteiger charge is 2.09. The molecule has 2 N–H and O–H groups in total. The summed E-state index contributed by atoms with van der Waals surface area (Å²) in [7, 11) is 0. The summed E-state index contributed by atoms with van der Waals surface area (Å²) >= 11 is 0. The number of aryl methyl sites for hydroxylation is 1. The van der Waals surface area contributed by atoms with Gasteiger partial charge in [-0.05, 0) is 53.9 Å². The van der Waals surface area contributed by atoms with Crippen molar-refractivity contribution in [2.75, 3.05) is 0 Å². The highest BCUT2D eigenvalue weighted by atomic mass is 16.3. The number of phenols is 2. The van der Waals surface area contributed by atoms with E-state index in [1.54, 1.807) is 12.4 Å². The smallest absolute Gasteiger partial charge is 0.127 e. The van der Waals surface area contributed by atoms with Crippen molar-refractivity contribution in [2.45, 2.75) is 13.3 Å². The lowest BCUT2D eigenvalue weighted by molar-refractivity contribution is 0.468. The van der Waals surface area contributed by atoms with E-state index in [-0.39, 0.29) is 11.5 Å². The third-order valence-electron chi connectivity index (χ3n) is 5.24. The van der Waals surface area contributed by atoms with E-state index in [1.165, 1.54) is 0 Å². The van der Waals surface area contributed by atoms with Crippen LogP contribution in [0.3, 0.4) is 0 Å². The summed E-state index contributed by atoms with van der Waals surface area (Å²) in [5.41, 5.74) is 5.53. The number of benzene rings is 4. The van der Waals surface area contributed by atoms with Crippen molar-refractivity contribution in [2.24, 2.45) is 9.98 Å². The van der Waals surface area contributed by atoms with Crippen LogP contribution >= 0.6 is 0 Å². The zero-order valence-corrected chi connectivity index (χ0v) is 17.8. The Morgan fingerprint density at radius 2 is 1.25 bits per heavy atom. The van der Waals surface area contributed by atoms with Crippen LogP contribution in [0, 0.1) is 6.92 Å². The second-order valence-corrected chi connectivity index (χ2v) is 7.53. The number of hydrogen-bond donors (Lipinski definition) is 2. The van der Waals surface area contributed by atoms with E-state index in [2.05, 4.69) is 9.98 Å². The summed E-state index contributed by atoms with van der Waals surface area (Å²) < 4.78 is 0. The molecule has 0 aliphatic rings. The Hall–Kier alpha value is -4.18. The summed E-state index contributed by atoms with van der Waals surface area (Å²) in [6, 6.07) is 28.7. The molecule has 0 saturated carbocycles. The van der Waals surface area contributed by atoms with Crippen LogP contribution in [0.25, 0.3) is 0 Å². The standard InChI is InChI=1S/C28H24N2O2/c1-20-9-7-12-23(27(20)31)19-30-26-16-6-5-10-21(26)17-22-11-8-13-24(28(22)32)18-29-25-14-3-2-4-15-25/h2-16,18-19,31-32H,17H2,1H3. The van der Waals surface area contributed by atoms with Gasteiger partial charge >= 0.3 is 0 Å². The van der Waals surface area contributed by atoms with Gasteiger partial charge in [0, 0.05) is 30.0 Å². The van der Waals surface area contributed by atoms with Crippen LogP contribution in [-0.2, 0) is 6.42 Å². The van der Waals surface area contributed by atoms with Crippen molar-refractivity contribution in [1.82, 2.24) is 0 Å². The lowest BCUT2D eigenvalue weighted by Crippen LogP contribution is -1.93. The third-order valence-corrected chi connectivity index (χ3v) is 5.24. The number of para-hydroxylation sites is 4. The molecular weight excluding hydrogens is 396 g/mol. The molecular formula is C28H24N2O2. The van der Waals surface area contributed by atoms with Gasteiger partial charge in [0.05, 0.1) is 11.4 Å². The molecule has 0 radical (unpaired) electrons.